The summed E-state index contributed by atoms with van der Waals surface area (Å²) in [6, 6.07) is 4.74. The van der Waals surface area contributed by atoms with E-state index in [0.717, 1.165) is 7.11 Å². The van der Waals surface area contributed by atoms with Crippen molar-refractivity contribution in [3.8, 4) is 0 Å². The van der Waals surface area contributed by atoms with Crippen LogP contribution in [0.5, 0.6) is 0 Å². The van der Waals surface area contributed by atoms with Gasteiger partial charge in [-0.25, -0.2) is 0 Å². The number of hydrogen-bond donors (Lipinski definition) is 0. The molecular weight excluding hydrogens is 350 g/mol. The highest BCUT2D eigenvalue weighted by Crippen LogP contribution is 2.29. The number of hydrogen-bond acceptors (Lipinski definition) is 7. The minimum atomic E-state index is -3.87. The molecule has 0 radical (unpaired) electrons. The van der Waals surface area contributed by atoms with Crippen LogP contribution in [0, 0.1) is 0 Å². The van der Waals surface area contributed by atoms with E-state index in [0.29, 0.717) is 36.8 Å². The van der Waals surface area contributed by atoms with E-state index in [-0.39, 0.29) is 10.7 Å². The molecular formula is C16H23NO5S2. The van der Waals surface area contributed by atoms with Crippen LogP contribution >= 0.6 is 11.8 Å². The molecule has 0 bridgehead atoms. The normalized spacial score (nSPS) is 17.0. The molecule has 1 heterocycles. The number of Topliss-reactive ketones (excluding diaryl/α,β-unsaturated/α-hetero) is 1. The van der Waals surface area contributed by atoms with E-state index in [1.807, 2.05) is 13.8 Å². The third-order valence-corrected chi connectivity index (χ3v) is 6.51. The molecule has 8 heteroatoms. The summed E-state index contributed by atoms with van der Waals surface area (Å²) in [5, 5.41) is 0. The monoisotopic (exact) mass is 373 g/mol. The molecule has 1 fully saturated rings. The van der Waals surface area contributed by atoms with Gasteiger partial charge in [-0.3, -0.25) is 13.9 Å². The van der Waals surface area contributed by atoms with Crippen molar-refractivity contribution in [1.82, 2.24) is 4.90 Å². The first kappa shape index (κ1) is 19.4. The Morgan fingerprint density at radius 3 is 2.46 bits per heavy atom. The molecule has 0 aromatic heterocycles. The molecule has 0 aliphatic carbocycles. The lowest BCUT2D eigenvalue weighted by Gasteiger charge is -2.39. The molecule has 0 atom stereocenters. The fourth-order valence-electron chi connectivity index (χ4n) is 2.72. The Bertz CT molecular complexity index is 709. The average Bonchev–Trinajstić information content (AvgIpc) is 2.61. The second-order valence-electron chi connectivity index (χ2n) is 5.97. The number of carbonyl (C=O) groups excluding carboxylic acids is 1. The zero-order valence-electron chi connectivity index (χ0n) is 14.4. The first-order valence-corrected chi connectivity index (χ1v) is 10.2. The lowest BCUT2D eigenvalue weighted by Crippen LogP contribution is -2.54. The van der Waals surface area contributed by atoms with Crippen molar-refractivity contribution in [1.29, 1.82) is 0 Å². The number of morpholine rings is 1. The Balaban J connectivity index is 2.41. The van der Waals surface area contributed by atoms with Gasteiger partial charge in [0, 0.05) is 23.5 Å². The van der Waals surface area contributed by atoms with Gasteiger partial charge in [0.15, 0.2) is 5.78 Å². The summed E-state index contributed by atoms with van der Waals surface area (Å²) in [5.74, 6) is -0.121. The van der Waals surface area contributed by atoms with Crippen LogP contribution in [0.4, 0.5) is 0 Å². The third-order valence-electron chi connectivity index (χ3n) is 4.27. The van der Waals surface area contributed by atoms with Crippen molar-refractivity contribution >= 4 is 27.7 Å². The van der Waals surface area contributed by atoms with Gasteiger partial charge < -0.3 is 4.74 Å². The molecule has 0 N–H and O–H groups in total. The topological polar surface area (TPSA) is 72.9 Å². The number of rotatable bonds is 6. The van der Waals surface area contributed by atoms with E-state index in [1.165, 1.54) is 17.8 Å². The van der Waals surface area contributed by atoms with E-state index >= 15 is 0 Å². The Morgan fingerprint density at radius 2 is 1.92 bits per heavy atom. The molecule has 0 unspecified atom stereocenters. The van der Waals surface area contributed by atoms with Crippen molar-refractivity contribution < 1.29 is 22.1 Å². The van der Waals surface area contributed by atoms with Crippen molar-refractivity contribution in [2.75, 3.05) is 39.7 Å². The minimum absolute atomic E-state index is 0.0288. The summed E-state index contributed by atoms with van der Waals surface area (Å²) >= 11 is 1.30. The van der Waals surface area contributed by atoms with Crippen LogP contribution in [0.3, 0.4) is 0 Å². The summed E-state index contributed by atoms with van der Waals surface area (Å²) in [4.78, 5) is 15.7. The van der Waals surface area contributed by atoms with E-state index in [2.05, 4.69) is 9.08 Å². The fraction of sp³-hybridized carbons (Fsp3) is 0.562. The maximum atomic E-state index is 13.0. The second-order valence-corrected chi connectivity index (χ2v) is 8.50. The molecule has 1 saturated heterocycles. The van der Waals surface area contributed by atoms with E-state index in [9.17, 15) is 13.2 Å². The maximum Gasteiger partial charge on any atom is 0.297 e. The van der Waals surface area contributed by atoms with Gasteiger partial charge >= 0.3 is 0 Å². The fourth-order valence-corrected chi connectivity index (χ4v) is 4.51. The summed E-state index contributed by atoms with van der Waals surface area (Å²) in [6.07, 6.45) is 1.78. The average molecular weight is 373 g/mol. The number of thioether (sulfide) groups is 1. The number of ether oxygens (including phenoxy) is 1. The maximum absolute atomic E-state index is 13.0. The second kappa shape index (κ2) is 7.53. The number of benzene rings is 1. The Kier molecular flexibility index (Phi) is 6.09. The largest absolute Gasteiger partial charge is 0.379 e. The van der Waals surface area contributed by atoms with Gasteiger partial charge in [0.05, 0.1) is 25.9 Å². The molecule has 2 rings (SSSR count). The highest BCUT2D eigenvalue weighted by atomic mass is 32.2. The first-order chi connectivity index (χ1) is 11.2. The quantitative estimate of drug-likeness (QED) is 0.429. The summed E-state index contributed by atoms with van der Waals surface area (Å²) < 4.78 is 34.2. The van der Waals surface area contributed by atoms with Crippen molar-refractivity contribution in [3.63, 3.8) is 0 Å². The Hall–Kier alpha value is -0.930. The van der Waals surface area contributed by atoms with Crippen molar-refractivity contribution in [3.05, 3.63) is 23.8 Å². The van der Waals surface area contributed by atoms with Crippen molar-refractivity contribution in [2.45, 2.75) is 29.2 Å². The zero-order valence-corrected chi connectivity index (χ0v) is 16.0. The highest BCUT2D eigenvalue weighted by Gasteiger charge is 2.36. The predicted octanol–water partition coefficient (Wildman–Crippen LogP) is 2.04. The summed E-state index contributed by atoms with van der Waals surface area (Å²) in [6.45, 7) is 6.23. The van der Waals surface area contributed by atoms with Gasteiger partial charge in [-0.05, 0) is 32.2 Å². The van der Waals surface area contributed by atoms with Gasteiger partial charge in [0.2, 0.25) is 0 Å². The van der Waals surface area contributed by atoms with Gasteiger partial charge in [-0.2, -0.15) is 8.42 Å². The van der Waals surface area contributed by atoms with Crippen LogP contribution in [0.25, 0.3) is 0 Å². The standard InChI is InChI=1S/C16H23NO5S2/c1-16(2,17-7-9-22-10-8-17)15(18)12-5-6-13(23-4)14(11-12)24(19,20)21-3/h5-6,11H,7-10H2,1-4H3. The molecule has 1 aliphatic heterocycles. The van der Waals surface area contributed by atoms with Crippen LogP contribution in [0.1, 0.15) is 24.2 Å². The summed E-state index contributed by atoms with van der Waals surface area (Å²) in [7, 11) is -2.76. The van der Waals surface area contributed by atoms with Crippen molar-refractivity contribution in [2.24, 2.45) is 0 Å². The Morgan fingerprint density at radius 1 is 1.29 bits per heavy atom. The van der Waals surface area contributed by atoms with Gasteiger partial charge in [0.25, 0.3) is 10.1 Å². The molecule has 24 heavy (non-hydrogen) atoms. The molecule has 1 aliphatic rings. The van der Waals surface area contributed by atoms with E-state index < -0.39 is 15.7 Å². The highest BCUT2D eigenvalue weighted by molar-refractivity contribution is 7.99. The van der Waals surface area contributed by atoms with Crippen LogP contribution in [0.15, 0.2) is 28.0 Å². The molecule has 6 nitrogen and oxygen atoms in total. The van der Waals surface area contributed by atoms with Crippen LogP contribution < -0.4 is 0 Å². The number of carbonyl (C=O) groups is 1. The zero-order chi connectivity index (χ0) is 18.0. The third kappa shape index (κ3) is 3.83. The molecule has 134 valence electrons. The Labute approximate surface area is 147 Å². The van der Waals surface area contributed by atoms with Gasteiger partial charge in [-0.15, -0.1) is 11.8 Å². The smallest absolute Gasteiger partial charge is 0.297 e. The predicted molar refractivity (Wildman–Crippen MR) is 93.2 cm³/mol. The van der Waals surface area contributed by atoms with Crippen LogP contribution in [-0.4, -0.2) is 64.3 Å². The van der Waals surface area contributed by atoms with Gasteiger partial charge in [-0.1, -0.05) is 6.07 Å². The molecule has 0 spiro atoms. The SMILES string of the molecule is COS(=O)(=O)c1cc(C(=O)C(C)(C)N2CCOCC2)ccc1SC. The van der Waals surface area contributed by atoms with Crippen LogP contribution in [-0.2, 0) is 19.0 Å². The molecule has 1 aromatic carbocycles. The molecule has 1 aromatic rings. The lowest BCUT2D eigenvalue weighted by molar-refractivity contribution is -0.00430. The first-order valence-electron chi connectivity index (χ1n) is 7.60. The molecule has 0 saturated carbocycles. The number of ketones is 1. The van der Waals surface area contributed by atoms with E-state index in [1.54, 1.807) is 18.4 Å². The van der Waals surface area contributed by atoms with Crippen LogP contribution in [0.2, 0.25) is 0 Å². The minimum Gasteiger partial charge on any atom is -0.379 e. The van der Waals surface area contributed by atoms with Gasteiger partial charge in [0.1, 0.15) is 4.90 Å². The molecule has 0 amide bonds. The number of nitrogens with zero attached hydrogens (tertiary/aromatic N) is 1. The summed E-state index contributed by atoms with van der Waals surface area (Å²) in [5.41, 5.74) is -0.376. The van der Waals surface area contributed by atoms with E-state index in [4.69, 9.17) is 4.74 Å². The lowest BCUT2D eigenvalue weighted by atomic mass is 9.91.